The molecule has 0 saturated carbocycles. The molecule has 2 rings (SSSR count). The van der Waals surface area contributed by atoms with Crippen molar-refractivity contribution in [1.29, 1.82) is 0 Å². The van der Waals surface area contributed by atoms with E-state index in [4.69, 9.17) is 11.6 Å². The Morgan fingerprint density at radius 2 is 1.95 bits per heavy atom. The number of rotatable bonds is 1. The summed E-state index contributed by atoms with van der Waals surface area (Å²) in [6.07, 6.45) is 0. The summed E-state index contributed by atoms with van der Waals surface area (Å²) in [6, 6.07) is 6.06. The van der Waals surface area contributed by atoms with E-state index in [1.54, 1.807) is 6.07 Å². The Hall–Kier alpha value is -0.290. The van der Waals surface area contributed by atoms with E-state index in [1.807, 2.05) is 17.0 Å². The zero-order valence-electron chi connectivity index (χ0n) is 10.8. The van der Waals surface area contributed by atoms with Crippen molar-refractivity contribution >= 4 is 45.8 Å². The third kappa shape index (κ3) is 3.85. The number of piperazine rings is 1. The van der Waals surface area contributed by atoms with Crippen molar-refractivity contribution in [3.05, 3.63) is 33.3 Å². The first-order valence-corrected chi connectivity index (χ1v) is 7.15. The molecular formula is C13H17BrCl2N2O. The summed E-state index contributed by atoms with van der Waals surface area (Å²) in [7, 11) is 0. The summed E-state index contributed by atoms with van der Waals surface area (Å²) < 4.78 is 0.756. The number of carbonyl (C=O) groups excluding carboxylic acids is 1. The number of amides is 1. The molecule has 0 aromatic heterocycles. The number of halogens is 3. The van der Waals surface area contributed by atoms with Crippen LogP contribution >= 0.6 is 39.9 Å². The molecule has 6 heteroatoms. The molecule has 1 aromatic rings. The lowest BCUT2D eigenvalue weighted by Gasteiger charge is -2.36. The molecule has 0 aliphatic carbocycles. The smallest absolute Gasteiger partial charge is 0.255 e. The van der Waals surface area contributed by atoms with Gasteiger partial charge in [-0.15, -0.1) is 12.4 Å². The Labute approximate surface area is 133 Å². The van der Waals surface area contributed by atoms with E-state index >= 15 is 0 Å². The van der Waals surface area contributed by atoms with E-state index in [-0.39, 0.29) is 18.3 Å². The van der Waals surface area contributed by atoms with E-state index in [1.165, 1.54) is 0 Å². The van der Waals surface area contributed by atoms with Crippen molar-refractivity contribution in [2.24, 2.45) is 0 Å². The minimum atomic E-state index is 0. The molecule has 1 fully saturated rings. The average molecular weight is 368 g/mol. The topological polar surface area (TPSA) is 32.3 Å². The van der Waals surface area contributed by atoms with E-state index < -0.39 is 0 Å². The molecule has 19 heavy (non-hydrogen) atoms. The lowest BCUT2D eigenvalue weighted by atomic mass is 10.1. The molecule has 3 nitrogen and oxygen atoms in total. The molecule has 1 amide bonds. The maximum Gasteiger partial charge on any atom is 0.255 e. The minimum absolute atomic E-state index is 0. The normalized spacial score (nSPS) is 22.8. The van der Waals surface area contributed by atoms with Gasteiger partial charge in [-0.2, -0.15) is 0 Å². The van der Waals surface area contributed by atoms with Gasteiger partial charge in [0.1, 0.15) is 0 Å². The molecule has 1 aliphatic rings. The van der Waals surface area contributed by atoms with Crippen LogP contribution in [0.4, 0.5) is 0 Å². The summed E-state index contributed by atoms with van der Waals surface area (Å²) in [4.78, 5) is 14.3. The quantitative estimate of drug-likeness (QED) is 0.825. The molecule has 0 bridgehead atoms. The lowest BCUT2D eigenvalue weighted by molar-refractivity contribution is 0.0674. The first-order valence-electron chi connectivity index (χ1n) is 5.98. The van der Waals surface area contributed by atoms with Crippen molar-refractivity contribution in [2.45, 2.75) is 25.9 Å². The molecule has 2 unspecified atom stereocenters. The number of nitrogens with zero attached hydrogens (tertiary/aromatic N) is 1. The molecule has 0 radical (unpaired) electrons. The van der Waals surface area contributed by atoms with Gasteiger partial charge < -0.3 is 10.2 Å². The van der Waals surface area contributed by atoms with Crippen LogP contribution < -0.4 is 5.32 Å². The highest BCUT2D eigenvalue weighted by Crippen LogP contribution is 2.27. The van der Waals surface area contributed by atoms with Crippen LogP contribution in [0.25, 0.3) is 0 Å². The van der Waals surface area contributed by atoms with E-state index in [9.17, 15) is 4.79 Å². The Bertz CT molecular complexity index is 460. The zero-order chi connectivity index (χ0) is 13.3. The molecule has 0 spiro atoms. The highest BCUT2D eigenvalue weighted by molar-refractivity contribution is 9.10. The van der Waals surface area contributed by atoms with Crippen LogP contribution in [-0.2, 0) is 0 Å². The Morgan fingerprint density at radius 3 is 2.53 bits per heavy atom. The van der Waals surface area contributed by atoms with Gasteiger partial charge in [-0.05, 0) is 41.9 Å². The summed E-state index contributed by atoms with van der Waals surface area (Å²) >= 11 is 9.52. The third-order valence-electron chi connectivity index (χ3n) is 3.03. The van der Waals surface area contributed by atoms with Gasteiger partial charge in [0.15, 0.2) is 0 Å². The highest BCUT2D eigenvalue weighted by atomic mass is 79.9. The van der Waals surface area contributed by atoms with Crippen molar-refractivity contribution in [3.8, 4) is 0 Å². The fraction of sp³-hybridized carbons (Fsp3) is 0.462. The van der Waals surface area contributed by atoms with Gasteiger partial charge in [0, 0.05) is 29.6 Å². The molecular weight excluding hydrogens is 351 g/mol. The lowest BCUT2D eigenvalue weighted by Crippen LogP contribution is -2.55. The maximum absolute atomic E-state index is 12.5. The minimum Gasteiger partial charge on any atom is -0.335 e. The van der Waals surface area contributed by atoms with Gasteiger partial charge in [-0.3, -0.25) is 4.79 Å². The standard InChI is InChI=1S/C13H16BrClN2O.ClH/c1-8-6-17(7-9(2)16-8)13(18)10-4-3-5-11(14)12(10)15;/h3-5,8-9,16H,6-7H2,1-2H3;1H. The molecule has 1 aromatic carbocycles. The molecule has 1 saturated heterocycles. The zero-order valence-corrected chi connectivity index (χ0v) is 14.0. The van der Waals surface area contributed by atoms with Gasteiger partial charge in [-0.1, -0.05) is 17.7 Å². The van der Waals surface area contributed by atoms with Crippen LogP contribution in [0.3, 0.4) is 0 Å². The van der Waals surface area contributed by atoms with Crippen LogP contribution in [-0.4, -0.2) is 36.0 Å². The van der Waals surface area contributed by atoms with Gasteiger partial charge in [0.05, 0.1) is 10.6 Å². The van der Waals surface area contributed by atoms with Crippen LogP contribution in [0.15, 0.2) is 22.7 Å². The van der Waals surface area contributed by atoms with Crippen molar-refractivity contribution in [3.63, 3.8) is 0 Å². The monoisotopic (exact) mass is 366 g/mol. The van der Waals surface area contributed by atoms with Crippen molar-refractivity contribution in [2.75, 3.05) is 13.1 Å². The number of nitrogens with one attached hydrogen (secondary N) is 1. The number of hydrogen-bond donors (Lipinski definition) is 1. The molecule has 2 atom stereocenters. The highest BCUT2D eigenvalue weighted by Gasteiger charge is 2.26. The summed E-state index contributed by atoms with van der Waals surface area (Å²) in [5, 5.41) is 3.89. The summed E-state index contributed by atoms with van der Waals surface area (Å²) in [5.74, 6) is 0.00139. The van der Waals surface area contributed by atoms with Gasteiger partial charge in [-0.25, -0.2) is 0 Å². The van der Waals surface area contributed by atoms with E-state index in [0.717, 1.165) is 4.47 Å². The van der Waals surface area contributed by atoms with Crippen molar-refractivity contribution < 1.29 is 4.79 Å². The third-order valence-corrected chi connectivity index (χ3v) is 4.32. The number of benzene rings is 1. The Balaban J connectivity index is 0.00000180. The largest absolute Gasteiger partial charge is 0.335 e. The van der Waals surface area contributed by atoms with Crippen LogP contribution in [0.5, 0.6) is 0 Å². The van der Waals surface area contributed by atoms with Crippen molar-refractivity contribution in [1.82, 2.24) is 10.2 Å². The fourth-order valence-electron chi connectivity index (χ4n) is 2.33. The van der Waals surface area contributed by atoms with E-state index in [0.29, 0.717) is 35.8 Å². The summed E-state index contributed by atoms with van der Waals surface area (Å²) in [5.41, 5.74) is 0.562. The number of carbonyl (C=O) groups is 1. The predicted octanol–water partition coefficient (Wildman–Crippen LogP) is 3.35. The second-order valence-corrected chi connectivity index (χ2v) is 6.01. The average Bonchev–Trinajstić information content (AvgIpc) is 2.30. The van der Waals surface area contributed by atoms with E-state index in [2.05, 4.69) is 35.1 Å². The van der Waals surface area contributed by atoms with Crippen LogP contribution in [0.2, 0.25) is 5.02 Å². The maximum atomic E-state index is 12.5. The molecule has 1 N–H and O–H groups in total. The first kappa shape index (κ1) is 16.8. The Kier molecular flexibility index (Phi) is 6.12. The predicted molar refractivity (Wildman–Crippen MR) is 84.4 cm³/mol. The number of hydrogen-bond acceptors (Lipinski definition) is 2. The van der Waals surface area contributed by atoms with Crippen LogP contribution in [0.1, 0.15) is 24.2 Å². The fourth-order valence-corrected chi connectivity index (χ4v) is 2.90. The summed E-state index contributed by atoms with van der Waals surface area (Å²) in [6.45, 7) is 5.59. The van der Waals surface area contributed by atoms with Gasteiger partial charge in [0.2, 0.25) is 0 Å². The molecule has 106 valence electrons. The SMILES string of the molecule is CC1CN(C(=O)c2cccc(Br)c2Cl)CC(C)N1.Cl. The second kappa shape index (κ2) is 6.93. The van der Waals surface area contributed by atoms with Gasteiger partial charge >= 0.3 is 0 Å². The first-order chi connectivity index (χ1) is 8.49. The van der Waals surface area contributed by atoms with Gasteiger partial charge in [0.25, 0.3) is 5.91 Å². The second-order valence-electron chi connectivity index (χ2n) is 4.78. The van der Waals surface area contributed by atoms with Crippen LogP contribution in [0, 0.1) is 0 Å². The Morgan fingerprint density at radius 1 is 1.37 bits per heavy atom. The molecule has 1 aliphatic heterocycles. The molecule has 1 heterocycles.